The topological polar surface area (TPSA) is 44.1 Å². The lowest BCUT2D eigenvalue weighted by atomic mass is 10.2. The molecule has 1 aromatic heterocycles. The SMILES string of the molecule is CCOC(=O)c1ccc2ncn(C)c2c1. The molecule has 4 nitrogen and oxygen atoms in total. The minimum absolute atomic E-state index is 0.291. The van der Waals surface area contributed by atoms with E-state index in [1.807, 2.05) is 17.7 Å². The van der Waals surface area contributed by atoms with Gasteiger partial charge in [-0.15, -0.1) is 0 Å². The summed E-state index contributed by atoms with van der Waals surface area (Å²) in [5.74, 6) is -0.291. The van der Waals surface area contributed by atoms with Gasteiger partial charge in [0.05, 0.1) is 29.5 Å². The first-order chi connectivity index (χ1) is 7.22. The van der Waals surface area contributed by atoms with E-state index in [1.54, 1.807) is 25.4 Å². The first-order valence-corrected chi connectivity index (χ1v) is 4.80. The quantitative estimate of drug-likeness (QED) is 0.700. The van der Waals surface area contributed by atoms with E-state index in [0.29, 0.717) is 12.2 Å². The highest BCUT2D eigenvalue weighted by molar-refractivity contribution is 5.93. The second kappa shape index (κ2) is 3.73. The van der Waals surface area contributed by atoms with Gasteiger partial charge < -0.3 is 9.30 Å². The van der Waals surface area contributed by atoms with Crippen molar-refractivity contribution in [1.29, 1.82) is 0 Å². The maximum atomic E-state index is 11.5. The number of benzene rings is 1. The van der Waals surface area contributed by atoms with Crippen LogP contribution in [-0.2, 0) is 11.8 Å². The number of rotatable bonds is 2. The second-order valence-corrected chi connectivity index (χ2v) is 3.28. The third-order valence-corrected chi connectivity index (χ3v) is 2.24. The van der Waals surface area contributed by atoms with Gasteiger partial charge in [0.15, 0.2) is 0 Å². The van der Waals surface area contributed by atoms with Crippen LogP contribution in [0.2, 0.25) is 0 Å². The summed E-state index contributed by atoms with van der Waals surface area (Å²) in [6, 6.07) is 5.34. The lowest BCUT2D eigenvalue weighted by molar-refractivity contribution is 0.0526. The van der Waals surface area contributed by atoms with Crippen LogP contribution in [0, 0.1) is 0 Å². The van der Waals surface area contributed by atoms with Crippen LogP contribution in [0.15, 0.2) is 24.5 Å². The molecule has 2 rings (SSSR count). The summed E-state index contributed by atoms with van der Waals surface area (Å²) in [5, 5.41) is 0. The van der Waals surface area contributed by atoms with E-state index in [9.17, 15) is 4.79 Å². The normalized spacial score (nSPS) is 10.5. The molecule has 0 amide bonds. The zero-order valence-electron chi connectivity index (χ0n) is 8.73. The van der Waals surface area contributed by atoms with Crippen LogP contribution in [0.5, 0.6) is 0 Å². The number of aromatic nitrogens is 2. The van der Waals surface area contributed by atoms with E-state index in [1.165, 1.54) is 0 Å². The third-order valence-electron chi connectivity index (χ3n) is 2.24. The zero-order valence-corrected chi connectivity index (χ0v) is 8.73. The maximum Gasteiger partial charge on any atom is 0.338 e. The van der Waals surface area contributed by atoms with Crippen molar-refractivity contribution in [2.45, 2.75) is 6.92 Å². The molecule has 0 saturated heterocycles. The standard InChI is InChI=1S/C11H12N2O2/c1-3-15-11(14)8-4-5-9-10(6-8)13(2)7-12-9/h4-7H,3H2,1-2H3. The van der Waals surface area contributed by atoms with E-state index < -0.39 is 0 Å². The Morgan fingerprint density at radius 2 is 2.33 bits per heavy atom. The van der Waals surface area contributed by atoms with Crippen molar-refractivity contribution >= 4 is 17.0 Å². The third kappa shape index (κ3) is 1.70. The average molecular weight is 204 g/mol. The lowest BCUT2D eigenvalue weighted by Crippen LogP contribution is -2.04. The Bertz CT molecular complexity index is 502. The molecule has 0 aliphatic carbocycles. The minimum Gasteiger partial charge on any atom is -0.462 e. The van der Waals surface area contributed by atoms with Gasteiger partial charge in [-0.2, -0.15) is 0 Å². The predicted octanol–water partition coefficient (Wildman–Crippen LogP) is 1.75. The molecule has 1 heterocycles. The summed E-state index contributed by atoms with van der Waals surface area (Å²) in [7, 11) is 1.89. The van der Waals surface area contributed by atoms with Gasteiger partial charge in [0, 0.05) is 7.05 Å². The molecule has 0 radical (unpaired) electrons. The zero-order chi connectivity index (χ0) is 10.8. The predicted molar refractivity (Wildman–Crippen MR) is 56.7 cm³/mol. The summed E-state index contributed by atoms with van der Waals surface area (Å²) in [6.45, 7) is 2.18. The van der Waals surface area contributed by atoms with E-state index in [4.69, 9.17) is 4.74 Å². The Balaban J connectivity index is 2.45. The molecule has 0 aliphatic heterocycles. The van der Waals surface area contributed by atoms with Crippen molar-refractivity contribution in [3.63, 3.8) is 0 Å². The number of fused-ring (bicyclic) bond motifs is 1. The average Bonchev–Trinajstić information content (AvgIpc) is 2.60. The molecule has 0 fully saturated rings. The summed E-state index contributed by atoms with van der Waals surface area (Å²) >= 11 is 0. The fourth-order valence-electron chi connectivity index (χ4n) is 1.47. The molecule has 2 aromatic rings. The number of ether oxygens (including phenoxy) is 1. The molecule has 0 unspecified atom stereocenters. The van der Waals surface area contributed by atoms with E-state index >= 15 is 0 Å². The number of aryl methyl sites for hydroxylation is 1. The van der Waals surface area contributed by atoms with Crippen molar-refractivity contribution in [3.05, 3.63) is 30.1 Å². The van der Waals surface area contributed by atoms with Crippen molar-refractivity contribution in [2.75, 3.05) is 6.61 Å². The Kier molecular flexibility index (Phi) is 2.41. The fourth-order valence-corrected chi connectivity index (χ4v) is 1.47. The second-order valence-electron chi connectivity index (χ2n) is 3.28. The number of carbonyl (C=O) groups is 1. The maximum absolute atomic E-state index is 11.5. The Morgan fingerprint density at radius 1 is 1.53 bits per heavy atom. The van der Waals surface area contributed by atoms with Crippen molar-refractivity contribution in [3.8, 4) is 0 Å². The number of hydrogen-bond donors (Lipinski definition) is 0. The molecule has 4 heteroatoms. The fraction of sp³-hybridized carbons (Fsp3) is 0.273. The number of carbonyl (C=O) groups excluding carboxylic acids is 1. The highest BCUT2D eigenvalue weighted by Crippen LogP contribution is 2.14. The molecule has 0 atom stereocenters. The van der Waals surface area contributed by atoms with Crippen LogP contribution in [0.3, 0.4) is 0 Å². The summed E-state index contributed by atoms with van der Waals surface area (Å²) in [4.78, 5) is 15.6. The van der Waals surface area contributed by atoms with Crippen LogP contribution in [0.25, 0.3) is 11.0 Å². The molecule has 0 spiro atoms. The highest BCUT2D eigenvalue weighted by Gasteiger charge is 2.08. The van der Waals surface area contributed by atoms with Crippen molar-refractivity contribution in [1.82, 2.24) is 9.55 Å². The van der Waals surface area contributed by atoms with Crippen LogP contribution in [-0.4, -0.2) is 22.1 Å². The number of nitrogens with zero attached hydrogens (tertiary/aromatic N) is 2. The summed E-state index contributed by atoms with van der Waals surface area (Å²) in [6.07, 6.45) is 1.72. The molecular weight excluding hydrogens is 192 g/mol. The lowest BCUT2D eigenvalue weighted by Gasteiger charge is -2.01. The first kappa shape index (κ1) is 9.71. The minimum atomic E-state index is -0.291. The van der Waals surface area contributed by atoms with Gasteiger partial charge in [0.1, 0.15) is 0 Å². The van der Waals surface area contributed by atoms with E-state index in [0.717, 1.165) is 11.0 Å². The van der Waals surface area contributed by atoms with Gasteiger partial charge in [0.25, 0.3) is 0 Å². The number of esters is 1. The van der Waals surface area contributed by atoms with Gasteiger partial charge >= 0.3 is 5.97 Å². The monoisotopic (exact) mass is 204 g/mol. The van der Waals surface area contributed by atoms with Gasteiger partial charge in [-0.05, 0) is 25.1 Å². The van der Waals surface area contributed by atoms with E-state index in [-0.39, 0.29) is 5.97 Å². The molecule has 0 aliphatic rings. The Labute approximate surface area is 87.5 Å². The number of imidazole rings is 1. The Morgan fingerprint density at radius 3 is 3.07 bits per heavy atom. The van der Waals surface area contributed by atoms with Gasteiger partial charge in [-0.25, -0.2) is 9.78 Å². The van der Waals surface area contributed by atoms with Crippen molar-refractivity contribution in [2.24, 2.45) is 7.05 Å². The summed E-state index contributed by atoms with van der Waals surface area (Å²) in [5.41, 5.74) is 2.37. The van der Waals surface area contributed by atoms with Gasteiger partial charge in [0.2, 0.25) is 0 Å². The molecule has 78 valence electrons. The van der Waals surface area contributed by atoms with Gasteiger partial charge in [-0.3, -0.25) is 0 Å². The Hall–Kier alpha value is -1.84. The largest absolute Gasteiger partial charge is 0.462 e. The van der Waals surface area contributed by atoms with Gasteiger partial charge in [-0.1, -0.05) is 0 Å². The highest BCUT2D eigenvalue weighted by atomic mass is 16.5. The van der Waals surface area contributed by atoms with Crippen molar-refractivity contribution < 1.29 is 9.53 Å². The molecule has 1 aromatic carbocycles. The summed E-state index contributed by atoms with van der Waals surface area (Å²) < 4.78 is 6.80. The van der Waals surface area contributed by atoms with Crippen LogP contribution in [0.1, 0.15) is 17.3 Å². The molecule has 0 N–H and O–H groups in total. The molecule has 0 bridgehead atoms. The molecule has 0 saturated carbocycles. The first-order valence-electron chi connectivity index (χ1n) is 4.80. The van der Waals surface area contributed by atoms with E-state index in [2.05, 4.69) is 4.98 Å². The molecular formula is C11H12N2O2. The number of hydrogen-bond acceptors (Lipinski definition) is 3. The smallest absolute Gasteiger partial charge is 0.338 e. The molecule has 15 heavy (non-hydrogen) atoms. The van der Waals surface area contributed by atoms with Crippen LogP contribution in [0.4, 0.5) is 0 Å². The van der Waals surface area contributed by atoms with Crippen LogP contribution >= 0.6 is 0 Å². The van der Waals surface area contributed by atoms with Crippen LogP contribution < -0.4 is 0 Å².